The minimum Gasteiger partial charge on any atom is -0.508 e. The molecule has 8 heteroatoms. The number of nitrogens with one attached hydrogen (secondary N) is 1. The van der Waals surface area contributed by atoms with Crippen LogP contribution in [0.5, 0.6) is 5.75 Å². The average molecular weight is 424 g/mol. The van der Waals surface area contributed by atoms with Gasteiger partial charge >= 0.3 is 6.18 Å². The summed E-state index contributed by atoms with van der Waals surface area (Å²) < 4.78 is 52.7. The number of phenolic OH excluding ortho intramolecular Hbond substituents is 1. The fourth-order valence-electron chi connectivity index (χ4n) is 3.85. The van der Waals surface area contributed by atoms with E-state index >= 15 is 0 Å². The van der Waals surface area contributed by atoms with Crippen LogP contribution in [0.25, 0.3) is 0 Å². The summed E-state index contributed by atoms with van der Waals surface area (Å²) in [5, 5.41) is 12.6. The normalized spacial score (nSPS) is 15.0. The number of carbonyl (C=O) groups is 1. The van der Waals surface area contributed by atoms with Crippen LogP contribution < -0.4 is 5.32 Å². The van der Waals surface area contributed by atoms with Gasteiger partial charge in [-0.3, -0.25) is 9.69 Å². The van der Waals surface area contributed by atoms with Crippen molar-refractivity contribution in [2.75, 3.05) is 6.54 Å². The van der Waals surface area contributed by atoms with Gasteiger partial charge in [-0.15, -0.1) is 0 Å². The Kier molecular flexibility index (Phi) is 6.97. The number of benzene rings is 2. The first-order valence-corrected chi connectivity index (χ1v) is 9.87. The molecule has 1 saturated carbocycles. The van der Waals surface area contributed by atoms with Crippen LogP contribution in [-0.4, -0.2) is 28.5 Å². The number of nitrogens with zero attached hydrogens (tertiary/aromatic N) is 1. The summed E-state index contributed by atoms with van der Waals surface area (Å²) in [6.45, 7) is 0.0275. The van der Waals surface area contributed by atoms with Gasteiger partial charge in [-0.2, -0.15) is 13.2 Å². The van der Waals surface area contributed by atoms with Crippen LogP contribution in [0.2, 0.25) is 0 Å². The molecule has 2 aromatic rings. The maximum atomic E-state index is 13.2. The molecule has 0 unspecified atom stereocenters. The molecule has 162 valence electrons. The fourth-order valence-corrected chi connectivity index (χ4v) is 3.85. The Hall–Kier alpha value is -2.61. The number of aromatic hydroxyl groups is 1. The SMILES string of the molecule is O=C(CN(Cc1ccccc1O)C1CCCC1)NCc1ccc(F)cc1C(F)(F)F. The van der Waals surface area contributed by atoms with E-state index in [1.54, 1.807) is 24.3 Å². The number of hydrogen-bond acceptors (Lipinski definition) is 3. The summed E-state index contributed by atoms with van der Waals surface area (Å²) in [5.74, 6) is -1.26. The summed E-state index contributed by atoms with van der Waals surface area (Å²) in [6, 6.07) is 9.46. The Morgan fingerprint density at radius 3 is 2.47 bits per heavy atom. The van der Waals surface area contributed by atoms with Crippen molar-refractivity contribution in [1.82, 2.24) is 10.2 Å². The first-order chi connectivity index (χ1) is 14.2. The number of amides is 1. The quantitative estimate of drug-likeness (QED) is 0.639. The second-order valence-electron chi connectivity index (χ2n) is 7.55. The molecule has 1 aliphatic carbocycles. The van der Waals surface area contributed by atoms with Gasteiger partial charge in [0.2, 0.25) is 5.91 Å². The Bertz CT molecular complexity index is 880. The number of phenols is 1. The number of hydrogen-bond donors (Lipinski definition) is 2. The third-order valence-corrected chi connectivity index (χ3v) is 5.41. The molecule has 0 bridgehead atoms. The molecule has 1 fully saturated rings. The molecule has 0 atom stereocenters. The van der Waals surface area contributed by atoms with Crippen molar-refractivity contribution < 1.29 is 27.5 Å². The Morgan fingerprint density at radius 2 is 1.80 bits per heavy atom. The summed E-state index contributed by atoms with van der Waals surface area (Å²) >= 11 is 0. The van der Waals surface area contributed by atoms with Crippen molar-refractivity contribution in [2.45, 2.75) is 51.0 Å². The predicted octanol–water partition coefficient (Wildman–Crippen LogP) is 4.61. The molecular weight excluding hydrogens is 400 g/mol. The largest absolute Gasteiger partial charge is 0.508 e. The predicted molar refractivity (Wildman–Crippen MR) is 104 cm³/mol. The summed E-state index contributed by atoms with van der Waals surface area (Å²) in [6.07, 6.45) is -0.751. The van der Waals surface area contributed by atoms with Crippen LogP contribution in [0.4, 0.5) is 17.6 Å². The maximum absolute atomic E-state index is 13.2. The van der Waals surface area contributed by atoms with Crippen LogP contribution >= 0.6 is 0 Å². The van der Waals surface area contributed by atoms with Crippen LogP contribution in [0.3, 0.4) is 0 Å². The van der Waals surface area contributed by atoms with E-state index in [1.165, 1.54) is 0 Å². The van der Waals surface area contributed by atoms with E-state index in [9.17, 15) is 27.5 Å². The van der Waals surface area contributed by atoms with Gasteiger partial charge in [0.05, 0.1) is 12.1 Å². The molecular formula is C22H24F4N2O2. The standard InChI is InChI=1S/C22H24F4N2O2/c23-17-10-9-15(19(11-17)22(24,25)26)12-27-21(30)14-28(18-6-2-3-7-18)13-16-5-1-4-8-20(16)29/h1,4-5,8-11,18,29H,2-3,6-7,12-14H2,(H,27,30). The highest BCUT2D eigenvalue weighted by atomic mass is 19.4. The van der Waals surface area contributed by atoms with E-state index in [0.717, 1.165) is 37.8 Å². The number of halogens is 4. The molecule has 1 aliphatic rings. The molecule has 0 heterocycles. The molecule has 2 N–H and O–H groups in total. The van der Waals surface area contributed by atoms with E-state index in [-0.39, 0.29) is 30.4 Å². The lowest BCUT2D eigenvalue weighted by Crippen LogP contribution is -2.41. The number of carbonyl (C=O) groups excluding carboxylic acids is 1. The topological polar surface area (TPSA) is 52.6 Å². The minimum atomic E-state index is -4.71. The summed E-state index contributed by atoms with van der Waals surface area (Å²) in [4.78, 5) is 14.5. The van der Waals surface area contributed by atoms with Gasteiger partial charge in [-0.05, 0) is 36.6 Å². The Balaban J connectivity index is 1.67. The van der Waals surface area contributed by atoms with Crippen molar-refractivity contribution in [2.24, 2.45) is 0 Å². The minimum absolute atomic E-state index is 0.00153. The lowest BCUT2D eigenvalue weighted by Gasteiger charge is -2.28. The van der Waals surface area contributed by atoms with Gasteiger partial charge in [0.1, 0.15) is 11.6 Å². The van der Waals surface area contributed by atoms with E-state index in [2.05, 4.69) is 5.32 Å². The second kappa shape index (κ2) is 9.47. The van der Waals surface area contributed by atoms with Crippen molar-refractivity contribution >= 4 is 5.91 Å². The highest BCUT2D eigenvalue weighted by Crippen LogP contribution is 2.32. The zero-order chi connectivity index (χ0) is 21.7. The van der Waals surface area contributed by atoms with E-state index < -0.39 is 23.5 Å². The number of rotatable bonds is 7. The molecule has 3 rings (SSSR count). The molecule has 0 aliphatic heterocycles. The third kappa shape index (κ3) is 5.72. The Morgan fingerprint density at radius 1 is 1.10 bits per heavy atom. The molecule has 30 heavy (non-hydrogen) atoms. The molecule has 0 aromatic heterocycles. The lowest BCUT2D eigenvalue weighted by atomic mass is 10.1. The van der Waals surface area contributed by atoms with Crippen LogP contribution in [0.1, 0.15) is 42.4 Å². The molecule has 0 spiro atoms. The zero-order valence-corrected chi connectivity index (χ0v) is 16.4. The lowest BCUT2D eigenvalue weighted by molar-refractivity contribution is -0.138. The zero-order valence-electron chi connectivity index (χ0n) is 16.4. The van der Waals surface area contributed by atoms with Crippen molar-refractivity contribution in [1.29, 1.82) is 0 Å². The second-order valence-corrected chi connectivity index (χ2v) is 7.55. The van der Waals surface area contributed by atoms with Crippen molar-refractivity contribution in [3.63, 3.8) is 0 Å². The number of alkyl halides is 3. The average Bonchev–Trinajstić information content (AvgIpc) is 3.22. The molecule has 0 radical (unpaired) electrons. The van der Waals surface area contributed by atoms with Crippen LogP contribution in [0.15, 0.2) is 42.5 Å². The molecule has 4 nitrogen and oxygen atoms in total. The molecule has 2 aromatic carbocycles. The van der Waals surface area contributed by atoms with Crippen molar-refractivity contribution in [3.8, 4) is 5.75 Å². The molecule has 0 saturated heterocycles. The van der Waals surface area contributed by atoms with Crippen molar-refractivity contribution in [3.05, 3.63) is 65.0 Å². The summed E-state index contributed by atoms with van der Waals surface area (Å²) in [5.41, 5.74) is -0.592. The first kappa shape index (κ1) is 22.1. The van der Waals surface area contributed by atoms with Gasteiger partial charge in [-0.1, -0.05) is 37.1 Å². The van der Waals surface area contributed by atoms with Gasteiger partial charge in [0.15, 0.2) is 0 Å². The summed E-state index contributed by atoms with van der Waals surface area (Å²) in [7, 11) is 0. The molecule has 1 amide bonds. The van der Waals surface area contributed by atoms with Gasteiger partial charge in [-0.25, -0.2) is 4.39 Å². The Labute approximate surface area is 172 Å². The van der Waals surface area contributed by atoms with E-state index in [1.807, 2.05) is 4.90 Å². The van der Waals surface area contributed by atoms with Gasteiger partial charge in [0, 0.05) is 24.7 Å². The van der Waals surface area contributed by atoms with E-state index in [0.29, 0.717) is 18.2 Å². The smallest absolute Gasteiger partial charge is 0.416 e. The van der Waals surface area contributed by atoms with Crippen LogP contribution in [-0.2, 0) is 24.1 Å². The van der Waals surface area contributed by atoms with Gasteiger partial charge in [0.25, 0.3) is 0 Å². The highest BCUT2D eigenvalue weighted by molar-refractivity contribution is 5.78. The van der Waals surface area contributed by atoms with E-state index in [4.69, 9.17) is 0 Å². The fraction of sp³-hybridized carbons (Fsp3) is 0.409. The maximum Gasteiger partial charge on any atom is 0.416 e. The van der Waals surface area contributed by atoms with Gasteiger partial charge < -0.3 is 10.4 Å². The monoisotopic (exact) mass is 424 g/mol. The highest BCUT2D eigenvalue weighted by Gasteiger charge is 2.34. The third-order valence-electron chi connectivity index (χ3n) is 5.41. The van der Waals surface area contributed by atoms with Crippen LogP contribution in [0, 0.1) is 5.82 Å². The number of para-hydroxylation sites is 1. The first-order valence-electron chi connectivity index (χ1n) is 9.87.